The van der Waals surface area contributed by atoms with E-state index in [4.69, 9.17) is 4.52 Å². The van der Waals surface area contributed by atoms with Gasteiger partial charge in [-0.05, 0) is 35.7 Å². The van der Waals surface area contributed by atoms with Crippen molar-refractivity contribution in [2.24, 2.45) is 0 Å². The van der Waals surface area contributed by atoms with E-state index in [-0.39, 0.29) is 11.7 Å². The number of thioether (sulfide) groups is 1. The van der Waals surface area contributed by atoms with E-state index in [9.17, 15) is 18.0 Å². The maximum Gasteiger partial charge on any atom is 0.416 e. The van der Waals surface area contributed by atoms with Gasteiger partial charge in [-0.15, -0.1) is 23.1 Å². The van der Waals surface area contributed by atoms with Crippen molar-refractivity contribution in [1.29, 1.82) is 0 Å². The molecule has 0 spiro atoms. The molecule has 0 saturated carbocycles. The van der Waals surface area contributed by atoms with E-state index < -0.39 is 11.7 Å². The fourth-order valence-corrected chi connectivity index (χ4v) is 3.29. The number of aromatic nitrogens is 2. The molecule has 0 bridgehead atoms. The average Bonchev–Trinajstić information content (AvgIpc) is 3.26. The molecule has 10 heteroatoms. The van der Waals surface area contributed by atoms with Gasteiger partial charge in [0, 0.05) is 5.69 Å². The van der Waals surface area contributed by atoms with Crippen molar-refractivity contribution in [2.45, 2.75) is 11.9 Å². The van der Waals surface area contributed by atoms with Crippen LogP contribution in [0.3, 0.4) is 0 Å². The molecule has 3 rings (SSSR count). The van der Waals surface area contributed by atoms with Crippen LogP contribution in [0.5, 0.6) is 0 Å². The summed E-state index contributed by atoms with van der Waals surface area (Å²) in [6.45, 7) is 0. The minimum absolute atomic E-state index is 0.109. The molecule has 136 valence electrons. The Kier molecular flexibility index (Phi) is 5.62. The number of nitrogens with zero attached hydrogens (tertiary/aromatic N) is 2. The fraction of sp³-hybridized carbons (Fsp3) is 0.188. The number of amides is 1. The molecule has 0 atom stereocenters. The van der Waals surface area contributed by atoms with Crippen molar-refractivity contribution < 1.29 is 22.5 Å². The van der Waals surface area contributed by atoms with Crippen LogP contribution in [-0.4, -0.2) is 21.8 Å². The lowest BCUT2D eigenvalue weighted by molar-refractivity contribution is -0.137. The summed E-state index contributed by atoms with van der Waals surface area (Å²) in [5.41, 5.74) is -0.454. The van der Waals surface area contributed by atoms with Crippen molar-refractivity contribution in [3.63, 3.8) is 0 Å². The van der Waals surface area contributed by atoms with Crippen molar-refractivity contribution in [3.8, 4) is 10.7 Å². The SMILES string of the molecule is O=C(CSCc1nc(-c2cccs2)no1)Nc1ccc(C(F)(F)F)cc1. The average molecular weight is 399 g/mol. The van der Waals surface area contributed by atoms with Gasteiger partial charge in [0.15, 0.2) is 0 Å². The molecule has 0 aliphatic rings. The molecule has 0 aliphatic heterocycles. The highest BCUT2D eigenvalue weighted by molar-refractivity contribution is 7.99. The number of thiophene rings is 1. The number of carbonyl (C=O) groups is 1. The van der Waals surface area contributed by atoms with Gasteiger partial charge in [-0.2, -0.15) is 18.2 Å². The molecule has 3 aromatic rings. The first kappa shape index (κ1) is 18.5. The van der Waals surface area contributed by atoms with E-state index in [1.165, 1.54) is 35.2 Å². The van der Waals surface area contributed by atoms with E-state index in [1.807, 2.05) is 17.5 Å². The standard InChI is InChI=1S/C16H12F3N3O2S2/c17-16(18,19)10-3-5-11(6-4-10)20-13(23)8-25-9-14-21-15(22-24-14)12-2-1-7-26-12/h1-7H,8-9H2,(H,20,23). The highest BCUT2D eigenvalue weighted by Crippen LogP contribution is 2.29. The summed E-state index contributed by atoms with van der Waals surface area (Å²) < 4.78 is 42.6. The molecular weight excluding hydrogens is 387 g/mol. The zero-order chi connectivity index (χ0) is 18.6. The summed E-state index contributed by atoms with van der Waals surface area (Å²) in [5.74, 6) is 1.05. The van der Waals surface area contributed by atoms with Crippen molar-refractivity contribution in [1.82, 2.24) is 10.1 Å². The van der Waals surface area contributed by atoms with Gasteiger partial charge in [0.2, 0.25) is 17.6 Å². The highest BCUT2D eigenvalue weighted by atomic mass is 32.2. The Hall–Kier alpha value is -2.33. The van der Waals surface area contributed by atoms with Crippen LogP contribution in [0.15, 0.2) is 46.3 Å². The lowest BCUT2D eigenvalue weighted by Gasteiger charge is -2.08. The van der Waals surface area contributed by atoms with Gasteiger partial charge in [0.1, 0.15) is 0 Å². The van der Waals surface area contributed by atoms with Gasteiger partial charge >= 0.3 is 6.18 Å². The van der Waals surface area contributed by atoms with E-state index in [2.05, 4.69) is 15.5 Å². The zero-order valence-corrected chi connectivity index (χ0v) is 14.7. The summed E-state index contributed by atoms with van der Waals surface area (Å²) >= 11 is 2.76. The molecule has 2 heterocycles. The van der Waals surface area contributed by atoms with E-state index >= 15 is 0 Å². The number of nitrogens with one attached hydrogen (secondary N) is 1. The van der Waals surface area contributed by atoms with E-state index in [0.29, 0.717) is 23.2 Å². The Labute approximate surface area is 154 Å². The number of alkyl halides is 3. The second kappa shape index (κ2) is 7.92. The topological polar surface area (TPSA) is 68.0 Å². The maximum atomic E-state index is 12.5. The van der Waals surface area contributed by atoms with Gasteiger partial charge in [0.05, 0.1) is 21.9 Å². The Morgan fingerprint density at radius 3 is 2.65 bits per heavy atom. The largest absolute Gasteiger partial charge is 0.416 e. The van der Waals surface area contributed by atoms with E-state index in [1.54, 1.807) is 0 Å². The monoisotopic (exact) mass is 399 g/mol. The third-order valence-electron chi connectivity index (χ3n) is 3.16. The predicted octanol–water partition coefficient (Wildman–Crippen LogP) is 4.69. The Morgan fingerprint density at radius 2 is 2.00 bits per heavy atom. The van der Waals surface area contributed by atoms with Gasteiger partial charge in [-0.25, -0.2) is 0 Å². The van der Waals surface area contributed by atoms with Crippen molar-refractivity contribution >= 4 is 34.7 Å². The second-order valence-electron chi connectivity index (χ2n) is 5.11. The summed E-state index contributed by atoms with van der Waals surface area (Å²) in [6, 6.07) is 8.05. The molecule has 0 fully saturated rings. The third-order valence-corrected chi connectivity index (χ3v) is 4.95. The van der Waals surface area contributed by atoms with Gasteiger partial charge in [0.25, 0.3) is 0 Å². The number of carbonyl (C=O) groups excluding carboxylic acids is 1. The van der Waals surface area contributed by atoms with E-state index in [0.717, 1.165) is 17.0 Å². The number of halogens is 3. The number of rotatable bonds is 6. The van der Waals surface area contributed by atoms with Crippen LogP contribution in [0.4, 0.5) is 18.9 Å². The third kappa shape index (κ3) is 4.85. The normalized spacial score (nSPS) is 11.5. The van der Waals surface area contributed by atoms with Gasteiger partial charge < -0.3 is 9.84 Å². The minimum Gasteiger partial charge on any atom is -0.338 e. The second-order valence-corrected chi connectivity index (χ2v) is 7.04. The van der Waals surface area contributed by atoms with Crippen LogP contribution in [-0.2, 0) is 16.7 Å². The molecule has 2 aromatic heterocycles. The number of benzene rings is 1. The van der Waals surface area contributed by atoms with Crippen LogP contribution in [0.2, 0.25) is 0 Å². The molecule has 0 radical (unpaired) electrons. The number of hydrogen-bond acceptors (Lipinski definition) is 6. The first-order valence-corrected chi connectivity index (χ1v) is 9.36. The molecular formula is C16H12F3N3O2S2. The molecule has 0 unspecified atom stereocenters. The van der Waals surface area contributed by atoms with Crippen LogP contribution in [0.1, 0.15) is 11.5 Å². The van der Waals surface area contributed by atoms with Crippen LogP contribution < -0.4 is 5.32 Å². The summed E-state index contributed by atoms with van der Waals surface area (Å²) in [4.78, 5) is 17.0. The van der Waals surface area contributed by atoms with Gasteiger partial charge in [-0.1, -0.05) is 11.2 Å². The summed E-state index contributed by atoms with van der Waals surface area (Å²) in [6.07, 6.45) is -4.40. The number of hydrogen-bond donors (Lipinski definition) is 1. The maximum absolute atomic E-state index is 12.5. The zero-order valence-electron chi connectivity index (χ0n) is 13.1. The summed E-state index contributed by atoms with van der Waals surface area (Å²) in [7, 11) is 0. The predicted molar refractivity (Wildman–Crippen MR) is 93.8 cm³/mol. The van der Waals surface area contributed by atoms with Crippen molar-refractivity contribution in [3.05, 3.63) is 53.2 Å². The van der Waals surface area contributed by atoms with Crippen molar-refractivity contribution in [2.75, 3.05) is 11.1 Å². The molecule has 5 nitrogen and oxygen atoms in total. The smallest absolute Gasteiger partial charge is 0.338 e. The van der Waals surface area contributed by atoms with Crippen LogP contribution in [0.25, 0.3) is 10.7 Å². The molecule has 1 N–H and O–H groups in total. The fourth-order valence-electron chi connectivity index (χ4n) is 1.99. The highest BCUT2D eigenvalue weighted by Gasteiger charge is 2.29. The first-order valence-electron chi connectivity index (χ1n) is 7.33. The quantitative estimate of drug-likeness (QED) is 0.651. The summed E-state index contributed by atoms with van der Waals surface area (Å²) in [5, 5.41) is 8.32. The Morgan fingerprint density at radius 1 is 1.23 bits per heavy atom. The van der Waals surface area contributed by atoms with Gasteiger partial charge in [-0.3, -0.25) is 4.79 Å². The number of anilines is 1. The molecule has 1 amide bonds. The minimum atomic E-state index is -4.40. The Bertz CT molecular complexity index is 862. The lowest BCUT2D eigenvalue weighted by Crippen LogP contribution is -2.14. The van der Waals surface area contributed by atoms with Crippen LogP contribution >= 0.6 is 23.1 Å². The molecule has 0 saturated heterocycles. The van der Waals surface area contributed by atoms with Crippen LogP contribution in [0, 0.1) is 0 Å². The lowest BCUT2D eigenvalue weighted by atomic mass is 10.2. The first-order chi connectivity index (χ1) is 12.4. The molecule has 0 aliphatic carbocycles. The molecule has 26 heavy (non-hydrogen) atoms. The Balaban J connectivity index is 1.46. The molecule has 1 aromatic carbocycles.